The number of nitrogens with two attached hydrogens (primary N) is 1. The van der Waals surface area contributed by atoms with Crippen molar-refractivity contribution >= 4 is 55.5 Å². The van der Waals surface area contributed by atoms with E-state index in [0.717, 1.165) is 45.2 Å². The van der Waals surface area contributed by atoms with Crippen molar-refractivity contribution in [2.75, 3.05) is 25.4 Å². The summed E-state index contributed by atoms with van der Waals surface area (Å²) in [6, 6.07) is 12.4. The highest BCUT2D eigenvalue weighted by molar-refractivity contribution is 7.22. The Labute approximate surface area is 254 Å². The van der Waals surface area contributed by atoms with Gasteiger partial charge in [-0.3, -0.25) is 14.6 Å². The highest BCUT2D eigenvalue weighted by Crippen LogP contribution is 2.33. The molecule has 0 spiro atoms. The van der Waals surface area contributed by atoms with Gasteiger partial charge in [-0.1, -0.05) is 42.9 Å². The fourth-order valence-electron chi connectivity index (χ4n) is 6.19. The Kier molecular flexibility index (Phi) is 7.97. The minimum Gasteiger partial charge on any atom is -0.464 e. The second-order valence-corrected chi connectivity index (χ2v) is 12.5. The summed E-state index contributed by atoms with van der Waals surface area (Å²) >= 11 is 1.41. The number of aromatic nitrogens is 1. The fourth-order valence-corrected chi connectivity index (χ4v) is 6.97. The lowest BCUT2D eigenvalue weighted by molar-refractivity contribution is -0.158. The first kappa shape index (κ1) is 28.9. The maximum Gasteiger partial charge on any atom is 0.332 e. The summed E-state index contributed by atoms with van der Waals surface area (Å²) in [7, 11) is 0. The van der Waals surface area contributed by atoms with E-state index in [-0.39, 0.29) is 37.0 Å². The Morgan fingerprint density at radius 2 is 2.07 bits per heavy atom. The second kappa shape index (κ2) is 11.8. The van der Waals surface area contributed by atoms with Crippen LogP contribution in [-0.4, -0.2) is 80.5 Å². The Morgan fingerprint density at radius 3 is 2.86 bits per heavy atom. The number of hydrogen-bond donors (Lipinski definition) is 2. The third kappa shape index (κ3) is 5.52. The maximum atomic E-state index is 14.3. The average Bonchev–Trinajstić information content (AvgIpc) is 3.67. The molecule has 11 nitrogen and oxygen atoms in total. The molecule has 2 aromatic carbocycles. The molecule has 2 aliphatic heterocycles. The molecule has 4 amide bonds. The zero-order valence-corrected chi connectivity index (χ0v) is 25.5. The van der Waals surface area contributed by atoms with Crippen LogP contribution in [0.5, 0.6) is 0 Å². The van der Waals surface area contributed by atoms with Gasteiger partial charge in [0, 0.05) is 30.9 Å². The normalized spacial score (nSPS) is 19.2. The number of nitrogens with zero attached hydrogens (tertiary/aromatic N) is 5. The Balaban J connectivity index is 1.36. The molecule has 6 rings (SSSR count). The highest BCUT2D eigenvalue weighted by atomic mass is 32.1. The first-order valence-electron chi connectivity index (χ1n) is 14.8. The van der Waals surface area contributed by atoms with Gasteiger partial charge in [0.2, 0.25) is 11.8 Å². The van der Waals surface area contributed by atoms with Crippen molar-refractivity contribution < 1.29 is 18.8 Å². The van der Waals surface area contributed by atoms with Crippen LogP contribution in [0.25, 0.3) is 21.2 Å². The summed E-state index contributed by atoms with van der Waals surface area (Å²) in [5.74, 6) is -0.309. The van der Waals surface area contributed by atoms with Crippen LogP contribution in [0, 0.1) is 0 Å². The van der Waals surface area contributed by atoms with Gasteiger partial charge in [0.15, 0.2) is 5.13 Å². The van der Waals surface area contributed by atoms with Gasteiger partial charge in [0.1, 0.15) is 17.8 Å². The number of carbonyl (C=O) groups is 3. The number of furan rings is 1. The lowest BCUT2D eigenvalue weighted by atomic mass is 9.99. The molecule has 0 aliphatic carbocycles. The Hall–Kier alpha value is -4.16. The molecule has 0 radical (unpaired) electrons. The molecule has 2 atom stereocenters. The van der Waals surface area contributed by atoms with Crippen molar-refractivity contribution in [2.45, 2.75) is 64.8 Å². The molecule has 12 heteroatoms. The number of anilines is 1. The predicted molar refractivity (Wildman–Crippen MR) is 166 cm³/mol. The summed E-state index contributed by atoms with van der Waals surface area (Å²) in [5, 5.41) is 7.89. The maximum absolute atomic E-state index is 14.3. The number of nitrogen functional groups attached to an aromatic ring is 1. The third-order valence-electron chi connectivity index (χ3n) is 8.17. The number of carbonyl (C=O) groups excluding carboxylic acids is 3. The molecule has 2 fully saturated rings. The summed E-state index contributed by atoms with van der Waals surface area (Å²) in [6.07, 6.45) is 3.29. The lowest BCUT2D eigenvalue weighted by Crippen LogP contribution is -2.66. The molecule has 2 aromatic heterocycles. The number of nitrogens with one attached hydrogen (secondary N) is 1. The minimum absolute atomic E-state index is 0.0145. The van der Waals surface area contributed by atoms with Crippen LogP contribution in [0.4, 0.5) is 9.93 Å². The van der Waals surface area contributed by atoms with Gasteiger partial charge < -0.3 is 25.3 Å². The van der Waals surface area contributed by atoms with Gasteiger partial charge in [0.25, 0.3) is 0 Å². The Bertz CT molecular complexity index is 1670. The molecule has 0 bridgehead atoms. The molecule has 0 unspecified atom stereocenters. The number of amides is 4. The van der Waals surface area contributed by atoms with E-state index in [1.54, 1.807) is 21.1 Å². The predicted octanol–water partition coefficient (Wildman–Crippen LogP) is 4.18. The van der Waals surface area contributed by atoms with E-state index < -0.39 is 12.2 Å². The van der Waals surface area contributed by atoms with E-state index in [9.17, 15) is 14.4 Å². The molecule has 2 aliphatic rings. The molecule has 43 heavy (non-hydrogen) atoms. The first-order valence-corrected chi connectivity index (χ1v) is 15.6. The highest BCUT2D eigenvalue weighted by Gasteiger charge is 2.52. The zero-order valence-electron chi connectivity index (χ0n) is 24.7. The van der Waals surface area contributed by atoms with E-state index in [2.05, 4.69) is 17.2 Å². The molecule has 2 saturated heterocycles. The van der Waals surface area contributed by atoms with Crippen LogP contribution >= 0.6 is 11.3 Å². The molecule has 226 valence electrons. The van der Waals surface area contributed by atoms with Gasteiger partial charge in [-0.2, -0.15) is 5.01 Å². The van der Waals surface area contributed by atoms with Crippen LogP contribution in [0.15, 0.2) is 53.1 Å². The number of hydrazine groups is 1. The number of fused-ring (bicyclic) bond motifs is 3. The van der Waals surface area contributed by atoms with Crippen LogP contribution < -0.4 is 11.1 Å². The number of urea groups is 1. The van der Waals surface area contributed by atoms with Crippen molar-refractivity contribution in [2.24, 2.45) is 0 Å². The summed E-state index contributed by atoms with van der Waals surface area (Å²) < 4.78 is 6.46. The average molecular weight is 604 g/mol. The van der Waals surface area contributed by atoms with Crippen molar-refractivity contribution in [1.29, 1.82) is 0 Å². The minimum atomic E-state index is -0.738. The largest absolute Gasteiger partial charge is 0.464 e. The monoisotopic (exact) mass is 603 g/mol. The van der Waals surface area contributed by atoms with E-state index >= 15 is 0 Å². The van der Waals surface area contributed by atoms with Crippen LogP contribution in [0.2, 0.25) is 0 Å². The van der Waals surface area contributed by atoms with E-state index in [4.69, 9.17) is 10.2 Å². The van der Waals surface area contributed by atoms with Crippen LogP contribution in [-0.2, 0) is 22.6 Å². The fraction of sp³-hybridized carbons (Fsp3) is 0.419. The van der Waals surface area contributed by atoms with Crippen molar-refractivity contribution in [3.8, 4) is 0 Å². The molecule has 4 heterocycles. The van der Waals surface area contributed by atoms with Gasteiger partial charge in [-0.15, -0.1) is 0 Å². The van der Waals surface area contributed by atoms with Gasteiger partial charge in [0.05, 0.1) is 29.6 Å². The standard InChI is InChI=1S/C31H37N7O4S/c1-4-5-12-33-31(41)38(19(2)3)36-18-27(39)37-23(15-20-9-10-24-21(14-20)11-13-42-24)29(40)35(17-26(36)37)16-22-7-6-8-25-28(22)34-30(32)43-25/h6-11,13-14,19,23,26H,4-5,12,15-18H2,1-3H3,(H2,32,34)(H,33,41)/t23-,26+/m0/s1. The van der Waals surface area contributed by atoms with Crippen LogP contribution in [0.1, 0.15) is 44.7 Å². The lowest BCUT2D eigenvalue weighted by Gasteiger charge is -2.47. The van der Waals surface area contributed by atoms with E-state index in [1.165, 1.54) is 11.3 Å². The first-order chi connectivity index (χ1) is 20.7. The van der Waals surface area contributed by atoms with E-state index in [0.29, 0.717) is 24.6 Å². The van der Waals surface area contributed by atoms with Gasteiger partial charge in [-0.05, 0) is 55.7 Å². The van der Waals surface area contributed by atoms with Gasteiger partial charge >= 0.3 is 6.03 Å². The molecule has 3 N–H and O–H groups in total. The van der Waals surface area contributed by atoms with Crippen molar-refractivity contribution in [1.82, 2.24) is 30.1 Å². The SMILES string of the molecule is CCCCNC(=O)N(C(C)C)N1CC(=O)N2[C@@H](Cc3ccc4occc4c3)C(=O)N(Cc3cccc4sc(N)nc34)C[C@@H]21. The third-order valence-corrected chi connectivity index (χ3v) is 9.02. The quantitative estimate of drug-likeness (QED) is 0.275. The van der Waals surface area contributed by atoms with Gasteiger partial charge in [-0.25, -0.2) is 9.78 Å². The number of rotatable bonds is 9. The molecule has 0 saturated carbocycles. The summed E-state index contributed by atoms with van der Waals surface area (Å²) in [6.45, 7) is 7.07. The molecule has 4 aromatic rings. The number of benzene rings is 2. The number of para-hydroxylation sites is 1. The van der Waals surface area contributed by atoms with Crippen molar-refractivity contribution in [3.05, 3.63) is 59.9 Å². The number of thiazole rings is 1. The summed E-state index contributed by atoms with van der Waals surface area (Å²) in [4.78, 5) is 49.4. The zero-order chi connectivity index (χ0) is 30.2. The smallest absolute Gasteiger partial charge is 0.332 e. The number of unbranched alkanes of at least 4 members (excludes halogenated alkanes) is 1. The second-order valence-electron chi connectivity index (χ2n) is 11.5. The molecular formula is C31H37N7O4S. The van der Waals surface area contributed by atoms with Crippen molar-refractivity contribution in [3.63, 3.8) is 0 Å². The van der Waals surface area contributed by atoms with Crippen LogP contribution in [0.3, 0.4) is 0 Å². The number of piperazine rings is 1. The van der Waals surface area contributed by atoms with E-state index in [1.807, 2.05) is 61.3 Å². The number of hydrogen-bond acceptors (Lipinski definition) is 8. The summed E-state index contributed by atoms with van der Waals surface area (Å²) in [5.41, 5.74) is 9.38. The topological polar surface area (TPSA) is 128 Å². The Morgan fingerprint density at radius 1 is 1.23 bits per heavy atom. The molecular weight excluding hydrogens is 566 g/mol.